The van der Waals surface area contributed by atoms with Crippen molar-refractivity contribution in [3.63, 3.8) is 0 Å². The van der Waals surface area contributed by atoms with E-state index in [0.717, 1.165) is 31.6 Å². The van der Waals surface area contributed by atoms with E-state index in [-0.39, 0.29) is 11.5 Å². The summed E-state index contributed by atoms with van der Waals surface area (Å²) in [5.74, 6) is 0.742. The maximum atomic E-state index is 10.6. The Balaban J connectivity index is 2.28. The molecule has 0 amide bonds. The highest BCUT2D eigenvalue weighted by molar-refractivity contribution is 5.58. The Bertz CT molecular complexity index is 435. The molecule has 1 aliphatic heterocycles. The first-order valence-corrected chi connectivity index (χ1v) is 5.81. The number of pyridine rings is 1. The summed E-state index contributed by atoms with van der Waals surface area (Å²) < 4.78 is 0. The molecule has 1 fully saturated rings. The lowest BCUT2D eigenvalue weighted by atomic mass is 10.2. The number of hydrogen-bond donors (Lipinski definition) is 1. The molecule has 17 heavy (non-hydrogen) atoms. The molecule has 0 bridgehead atoms. The van der Waals surface area contributed by atoms with E-state index in [1.54, 1.807) is 6.07 Å². The van der Waals surface area contributed by atoms with Crippen LogP contribution in [0.5, 0.6) is 0 Å². The number of nitro groups is 1. The monoisotopic (exact) mass is 236 g/mol. The van der Waals surface area contributed by atoms with Gasteiger partial charge in [0.15, 0.2) is 0 Å². The van der Waals surface area contributed by atoms with Crippen molar-refractivity contribution in [3.8, 4) is 0 Å². The number of anilines is 2. The quantitative estimate of drug-likeness (QED) is 0.640. The Hall–Kier alpha value is -1.85. The Morgan fingerprint density at radius 2 is 2.41 bits per heavy atom. The summed E-state index contributed by atoms with van der Waals surface area (Å²) in [6.45, 7) is 3.08. The van der Waals surface area contributed by atoms with Gasteiger partial charge in [0.25, 0.3) is 0 Å². The lowest BCUT2D eigenvalue weighted by molar-refractivity contribution is -0.384. The predicted octanol–water partition coefficient (Wildman–Crippen LogP) is 1.95. The van der Waals surface area contributed by atoms with Crippen molar-refractivity contribution in [1.29, 1.82) is 0 Å². The van der Waals surface area contributed by atoms with Crippen molar-refractivity contribution in [2.75, 3.05) is 17.2 Å². The molecule has 2 heterocycles. The molecule has 1 unspecified atom stereocenters. The summed E-state index contributed by atoms with van der Waals surface area (Å²) >= 11 is 0. The van der Waals surface area contributed by atoms with Gasteiger partial charge in [-0.15, -0.1) is 0 Å². The Morgan fingerprint density at radius 1 is 1.65 bits per heavy atom. The molecule has 2 rings (SSSR count). The van der Waals surface area contributed by atoms with Gasteiger partial charge in [-0.3, -0.25) is 10.1 Å². The first-order valence-electron chi connectivity index (χ1n) is 5.81. The summed E-state index contributed by atoms with van der Waals surface area (Å²) in [5.41, 5.74) is 5.47. The number of nitrogens with two attached hydrogens (primary N) is 1. The SMILES string of the molecule is CCC1CCCN1c1ccc([N+](=O)[O-])c(N)n1. The van der Waals surface area contributed by atoms with Gasteiger partial charge in [-0.2, -0.15) is 0 Å². The van der Waals surface area contributed by atoms with E-state index in [1.165, 1.54) is 6.07 Å². The summed E-state index contributed by atoms with van der Waals surface area (Å²) in [6, 6.07) is 3.59. The van der Waals surface area contributed by atoms with Gasteiger partial charge >= 0.3 is 5.69 Å². The maximum absolute atomic E-state index is 10.6. The smallest absolute Gasteiger partial charge is 0.311 e. The van der Waals surface area contributed by atoms with E-state index in [0.29, 0.717) is 6.04 Å². The van der Waals surface area contributed by atoms with Crippen molar-refractivity contribution in [3.05, 3.63) is 22.2 Å². The largest absolute Gasteiger partial charge is 0.378 e. The number of nitrogen functional groups attached to an aromatic ring is 1. The molecule has 92 valence electrons. The zero-order valence-corrected chi connectivity index (χ0v) is 9.80. The Labute approximate surface area is 99.6 Å². The third-order valence-corrected chi connectivity index (χ3v) is 3.23. The van der Waals surface area contributed by atoms with Gasteiger partial charge in [0.2, 0.25) is 5.82 Å². The molecule has 0 radical (unpaired) electrons. The predicted molar refractivity (Wildman–Crippen MR) is 66.0 cm³/mol. The zero-order chi connectivity index (χ0) is 12.4. The molecule has 1 saturated heterocycles. The van der Waals surface area contributed by atoms with Crippen LogP contribution < -0.4 is 10.6 Å². The third-order valence-electron chi connectivity index (χ3n) is 3.23. The minimum atomic E-state index is -0.507. The van der Waals surface area contributed by atoms with Crippen LogP contribution in [0.15, 0.2) is 12.1 Å². The van der Waals surface area contributed by atoms with Crippen LogP contribution in [-0.2, 0) is 0 Å². The van der Waals surface area contributed by atoms with Gasteiger partial charge in [-0.1, -0.05) is 6.92 Å². The molecule has 6 nitrogen and oxygen atoms in total. The molecule has 6 heteroatoms. The second kappa shape index (κ2) is 4.57. The molecule has 1 aromatic rings. The fraction of sp³-hybridized carbons (Fsp3) is 0.545. The van der Waals surface area contributed by atoms with Crippen LogP contribution in [0.2, 0.25) is 0 Å². The van der Waals surface area contributed by atoms with E-state index < -0.39 is 4.92 Å². The van der Waals surface area contributed by atoms with Crippen molar-refractivity contribution in [2.45, 2.75) is 32.2 Å². The van der Waals surface area contributed by atoms with Crippen LogP contribution in [0.4, 0.5) is 17.3 Å². The molecular formula is C11H16N4O2. The Morgan fingerprint density at radius 3 is 3.00 bits per heavy atom. The Kier molecular flexibility index (Phi) is 3.12. The van der Waals surface area contributed by atoms with Crippen molar-refractivity contribution in [2.24, 2.45) is 0 Å². The van der Waals surface area contributed by atoms with Crippen LogP contribution in [0, 0.1) is 10.1 Å². The van der Waals surface area contributed by atoms with Crippen molar-refractivity contribution in [1.82, 2.24) is 4.98 Å². The van der Waals surface area contributed by atoms with Crippen LogP contribution in [0.25, 0.3) is 0 Å². The van der Waals surface area contributed by atoms with Crippen molar-refractivity contribution < 1.29 is 4.92 Å². The maximum Gasteiger partial charge on any atom is 0.311 e. The van der Waals surface area contributed by atoms with Gasteiger partial charge < -0.3 is 10.6 Å². The molecule has 0 aromatic carbocycles. The zero-order valence-electron chi connectivity index (χ0n) is 9.80. The second-order valence-corrected chi connectivity index (χ2v) is 4.23. The number of aromatic nitrogens is 1. The number of nitrogens with zero attached hydrogens (tertiary/aromatic N) is 3. The highest BCUT2D eigenvalue weighted by Crippen LogP contribution is 2.29. The highest BCUT2D eigenvalue weighted by atomic mass is 16.6. The van der Waals surface area contributed by atoms with Crippen LogP contribution in [0.3, 0.4) is 0 Å². The second-order valence-electron chi connectivity index (χ2n) is 4.23. The standard InChI is InChI=1S/C11H16N4O2/c1-2-8-4-3-7-14(8)10-6-5-9(15(16)17)11(12)13-10/h5-6,8H,2-4,7H2,1H3,(H2,12,13). The molecule has 2 N–H and O–H groups in total. The molecule has 0 spiro atoms. The average molecular weight is 236 g/mol. The normalized spacial score (nSPS) is 19.6. The molecule has 1 aromatic heterocycles. The minimum absolute atomic E-state index is 0.00532. The molecule has 0 saturated carbocycles. The third kappa shape index (κ3) is 2.15. The molecule has 1 atom stereocenters. The van der Waals surface area contributed by atoms with E-state index in [4.69, 9.17) is 5.73 Å². The van der Waals surface area contributed by atoms with E-state index in [1.807, 2.05) is 0 Å². The summed E-state index contributed by atoms with van der Waals surface area (Å²) in [7, 11) is 0. The fourth-order valence-corrected chi connectivity index (χ4v) is 2.33. The number of rotatable bonds is 3. The van der Waals surface area contributed by atoms with Gasteiger partial charge in [0.05, 0.1) is 4.92 Å². The average Bonchev–Trinajstić information content (AvgIpc) is 2.76. The van der Waals surface area contributed by atoms with E-state index >= 15 is 0 Å². The van der Waals surface area contributed by atoms with Gasteiger partial charge in [0, 0.05) is 18.7 Å². The summed E-state index contributed by atoms with van der Waals surface area (Å²) in [4.78, 5) is 16.5. The molecule has 0 aliphatic carbocycles. The van der Waals surface area contributed by atoms with Crippen molar-refractivity contribution >= 4 is 17.3 Å². The molecular weight excluding hydrogens is 220 g/mol. The van der Waals surface area contributed by atoms with Crippen LogP contribution >= 0.6 is 0 Å². The highest BCUT2D eigenvalue weighted by Gasteiger charge is 2.25. The number of hydrogen-bond acceptors (Lipinski definition) is 5. The lowest BCUT2D eigenvalue weighted by Crippen LogP contribution is -2.29. The van der Waals surface area contributed by atoms with Crippen LogP contribution in [0.1, 0.15) is 26.2 Å². The fourth-order valence-electron chi connectivity index (χ4n) is 2.33. The first-order chi connectivity index (χ1) is 8.13. The molecule has 1 aliphatic rings. The summed E-state index contributed by atoms with van der Waals surface area (Å²) in [5, 5.41) is 10.6. The van der Waals surface area contributed by atoms with Gasteiger partial charge in [-0.05, 0) is 25.3 Å². The topological polar surface area (TPSA) is 85.3 Å². The van der Waals surface area contributed by atoms with E-state index in [9.17, 15) is 10.1 Å². The first kappa shape index (κ1) is 11.6. The van der Waals surface area contributed by atoms with Gasteiger partial charge in [-0.25, -0.2) is 4.98 Å². The van der Waals surface area contributed by atoms with Crippen LogP contribution in [-0.4, -0.2) is 22.5 Å². The summed E-state index contributed by atoms with van der Waals surface area (Å²) in [6.07, 6.45) is 3.34. The minimum Gasteiger partial charge on any atom is -0.378 e. The van der Waals surface area contributed by atoms with Gasteiger partial charge in [0.1, 0.15) is 5.82 Å². The van der Waals surface area contributed by atoms with E-state index in [2.05, 4.69) is 16.8 Å². The lowest BCUT2D eigenvalue weighted by Gasteiger charge is -2.24.